The number of carboxylic acids is 1. The van der Waals surface area contributed by atoms with Gasteiger partial charge in [-0.05, 0) is 47.1 Å². The minimum absolute atomic E-state index is 0.0732. The Morgan fingerprint density at radius 3 is 2.57 bits per heavy atom. The maximum atomic E-state index is 12.9. The highest BCUT2D eigenvalue weighted by molar-refractivity contribution is 14.1. The summed E-state index contributed by atoms with van der Waals surface area (Å²) < 4.78 is 14.3. The zero-order valence-electron chi connectivity index (χ0n) is 19.2. The zero-order chi connectivity index (χ0) is 24.6. The number of ether oxygens (including phenoxy) is 2. The van der Waals surface area contributed by atoms with Crippen LogP contribution in [-0.2, 0) is 29.3 Å². The Balaban J connectivity index is 1.39. The van der Waals surface area contributed by atoms with Gasteiger partial charge in [-0.25, -0.2) is 9.48 Å². The first-order chi connectivity index (χ1) is 17.0. The molecule has 1 amide bonds. The van der Waals surface area contributed by atoms with Crippen LogP contribution >= 0.6 is 22.6 Å². The third kappa shape index (κ3) is 7.04. The monoisotopic (exact) mass is 589 g/mol. The Kier molecular flexibility index (Phi) is 8.75. The maximum Gasteiger partial charge on any atom is 0.356 e. The molecule has 2 atom stereocenters. The number of benzene rings is 2. The molecule has 3 aromatic rings. The molecule has 1 saturated carbocycles. The Morgan fingerprint density at radius 1 is 1.06 bits per heavy atom. The van der Waals surface area contributed by atoms with Gasteiger partial charge in [-0.3, -0.25) is 4.79 Å². The van der Waals surface area contributed by atoms with Crippen LogP contribution in [0.2, 0.25) is 0 Å². The highest BCUT2D eigenvalue weighted by atomic mass is 127. The fourth-order valence-electron chi connectivity index (χ4n) is 4.13. The third-order valence-electron chi connectivity index (χ3n) is 5.94. The summed E-state index contributed by atoms with van der Waals surface area (Å²) in [6.07, 6.45) is 3.72. The van der Waals surface area contributed by atoms with Crippen molar-refractivity contribution in [1.82, 2.24) is 15.1 Å². The molecule has 8 nitrogen and oxygen atoms in total. The molecule has 0 saturated heterocycles. The molecule has 0 bridgehead atoms. The number of hydrogen-bond acceptors (Lipinski definition) is 5. The van der Waals surface area contributed by atoms with Crippen LogP contribution in [0.5, 0.6) is 5.88 Å². The number of nitrogens with one attached hydrogen (secondary N) is 1. The smallest absolute Gasteiger partial charge is 0.356 e. The van der Waals surface area contributed by atoms with Gasteiger partial charge in [0.1, 0.15) is 13.2 Å². The van der Waals surface area contributed by atoms with Crippen molar-refractivity contribution in [3.05, 3.63) is 81.1 Å². The first-order valence-corrected chi connectivity index (χ1v) is 12.7. The minimum atomic E-state index is -1.18. The second-order valence-corrected chi connectivity index (χ2v) is 9.67. The van der Waals surface area contributed by atoms with Gasteiger partial charge in [0.05, 0.1) is 18.8 Å². The first kappa shape index (κ1) is 25.2. The van der Waals surface area contributed by atoms with Crippen molar-refractivity contribution >= 4 is 34.5 Å². The molecule has 1 heterocycles. The van der Waals surface area contributed by atoms with Crippen LogP contribution in [0.25, 0.3) is 0 Å². The number of amides is 1. The minimum Gasteiger partial charge on any atom is -0.476 e. The summed E-state index contributed by atoms with van der Waals surface area (Å²) in [5.74, 6) is -1.20. The zero-order valence-corrected chi connectivity index (χ0v) is 21.4. The quantitative estimate of drug-likeness (QED) is 0.340. The van der Waals surface area contributed by atoms with Crippen LogP contribution in [0.4, 0.5) is 0 Å². The summed E-state index contributed by atoms with van der Waals surface area (Å²) in [5.41, 5.74) is 1.89. The molecular formula is C26H28IN3O5. The van der Waals surface area contributed by atoms with Crippen molar-refractivity contribution in [2.45, 2.75) is 57.6 Å². The van der Waals surface area contributed by atoms with Gasteiger partial charge in [-0.15, -0.1) is 0 Å². The second-order valence-electron chi connectivity index (χ2n) is 8.50. The SMILES string of the molecule is O=C(Cn1nc(C(=O)O)cc1OCc1ccccc1I)NC1CCCCC1OCc1ccccc1. The van der Waals surface area contributed by atoms with Crippen molar-refractivity contribution in [3.63, 3.8) is 0 Å². The predicted molar refractivity (Wildman–Crippen MR) is 138 cm³/mol. The molecule has 2 aromatic carbocycles. The molecule has 35 heavy (non-hydrogen) atoms. The lowest BCUT2D eigenvalue weighted by atomic mass is 9.92. The lowest BCUT2D eigenvalue weighted by molar-refractivity contribution is -0.124. The van der Waals surface area contributed by atoms with Gasteiger partial charge in [0.15, 0.2) is 5.69 Å². The van der Waals surface area contributed by atoms with E-state index in [9.17, 15) is 14.7 Å². The number of halogens is 1. The normalized spacial score (nSPS) is 17.6. The topological polar surface area (TPSA) is 103 Å². The van der Waals surface area contributed by atoms with Gasteiger partial charge in [-0.2, -0.15) is 5.10 Å². The molecule has 0 radical (unpaired) electrons. The van der Waals surface area contributed by atoms with Gasteiger partial charge >= 0.3 is 5.97 Å². The highest BCUT2D eigenvalue weighted by Gasteiger charge is 2.28. The summed E-state index contributed by atoms with van der Waals surface area (Å²) in [6.45, 7) is 0.592. The van der Waals surface area contributed by atoms with E-state index in [4.69, 9.17) is 9.47 Å². The Hall–Kier alpha value is -2.92. The van der Waals surface area contributed by atoms with E-state index in [0.717, 1.165) is 40.4 Å². The van der Waals surface area contributed by atoms with E-state index < -0.39 is 5.97 Å². The molecule has 2 N–H and O–H groups in total. The number of carbonyl (C=O) groups excluding carboxylic acids is 1. The number of hydrogen-bond donors (Lipinski definition) is 2. The Morgan fingerprint density at radius 2 is 1.80 bits per heavy atom. The fraction of sp³-hybridized carbons (Fsp3) is 0.346. The van der Waals surface area contributed by atoms with E-state index in [1.165, 1.54) is 10.7 Å². The summed E-state index contributed by atoms with van der Waals surface area (Å²) in [4.78, 5) is 24.4. The van der Waals surface area contributed by atoms with Crippen molar-refractivity contribution in [2.24, 2.45) is 0 Å². The average Bonchev–Trinajstić information content (AvgIpc) is 3.26. The number of carboxylic acid groups (broad SMARTS) is 1. The molecule has 1 aliphatic carbocycles. The fourth-order valence-corrected chi connectivity index (χ4v) is 4.67. The highest BCUT2D eigenvalue weighted by Crippen LogP contribution is 2.23. The Bertz CT molecular complexity index is 1150. The van der Waals surface area contributed by atoms with E-state index in [1.54, 1.807) is 0 Å². The average molecular weight is 589 g/mol. The van der Waals surface area contributed by atoms with Crippen LogP contribution in [0.3, 0.4) is 0 Å². The van der Waals surface area contributed by atoms with Crippen molar-refractivity contribution < 1.29 is 24.2 Å². The van der Waals surface area contributed by atoms with E-state index in [1.807, 2.05) is 54.6 Å². The number of carbonyl (C=O) groups is 2. The molecular weight excluding hydrogens is 561 g/mol. The van der Waals surface area contributed by atoms with E-state index in [2.05, 4.69) is 33.0 Å². The molecule has 1 aromatic heterocycles. The van der Waals surface area contributed by atoms with Crippen LogP contribution in [0.1, 0.15) is 47.3 Å². The van der Waals surface area contributed by atoms with Crippen LogP contribution in [0.15, 0.2) is 60.7 Å². The van der Waals surface area contributed by atoms with Crippen molar-refractivity contribution in [1.29, 1.82) is 0 Å². The molecule has 1 aliphatic rings. The van der Waals surface area contributed by atoms with Crippen molar-refractivity contribution in [3.8, 4) is 5.88 Å². The Labute approximate surface area is 217 Å². The van der Waals surface area contributed by atoms with Gasteiger partial charge < -0.3 is 19.9 Å². The van der Waals surface area contributed by atoms with Crippen LogP contribution in [0, 0.1) is 3.57 Å². The number of aromatic nitrogens is 2. The van der Waals surface area contributed by atoms with Gasteiger partial charge in [0.2, 0.25) is 11.8 Å². The van der Waals surface area contributed by atoms with E-state index >= 15 is 0 Å². The summed E-state index contributed by atoms with van der Waals surface area (Å²) >= 11 is 2.22. The molecule has 184 valence electrons. The standard InChI is InChI=1S/C26H28IN3O5/c27-20-11-5-4-10-19(20)17-35-25-14-22(26(32)33)29-30(25)15-24(31)28-21-12-6-7-13-23(21)34-16-18-8-2-1-3-9-18/h1-5,8-11,14,21,23H,6-7,12-13,15-17H2,(H,28,31)(H,32,33). The van der Waals surface area contributed by atoms with Gasteiger partial charge in [-0.1, -0.05) is 61.4 Å². The summed E-state index contributed by atoms with van der Waals surface area (Å²) in [6, 6.07) is 19.0. The maximum absolute atomic E-state index is 12.9. The largest absolute Gasteiger partial charge is 0.476 e. The summed E-state index contributed by atoms with van der Waals surface area (Å²) in [5, 5.41) is 16.5. The number of aromatic carboxylic acids is 1. The van der Waals surface area contributed by atoms with E-state index in [-0.39, 0.29) is 42.8 Å². The molecule has 2 unspecified atom stereocenters. The lowest BCUT2D eigenvalue weighted by Crippen LogP contribution is -2.47. The lowest BCUT2D eigenvalue weighted by Gasteiger charge is -2.32. The number of nitrogens with zero attached hydrogens (tertiary/aromatic N) is 2. The predicted octanol–water partition coefficient (Wildman–Crippen LogP) is 4.41. The second kappa shape index (κ2) is 12.2. The van der Waals surface area contributed by atoms with Crippen LogP contribution < -0.4 is 10.1 Å². The summed E-state index contributed by atoms with van der Waals surface area (Å²) in [7, 11) is 0. The third-order valence-corrected chi connectivity index (χ3v) is 7.00. The molecule has 0 spiro atoms. The van der Waals surface area contributed by atoms with Gasteiger partial charge in [0.25, 0.3) is 0 Å². The molecule has 0 aliphatic heterocycles. The van der Waals surface area contributed by atoms with Crippen molar-refractivity contribution in [2.75, 3.05) is 0 Å². The van der Waals surface area contributed by atoms with Gasteiger partial charge in [0, 0.05) is 15.2 Å². The van der Waals surface area contributed by atoms with E-state index in [0.29, 0.717) is 6.61 Å². The first-order valence-electron chi connectivity index (χ1n) is 11.6. The molecule has 4 rings (SSSR count). The number of rotatable bonds is 10. The molecule has 9 heteroatoms. The molecule has 1 fully saturated rings. The van der Waals surface area contributed by atoms with Crippen LogP contribution in [-0.4, -0.2) is 38.9 Å².